The van der Waals surface area contributed by atoms with Crippen molar-refractivity contribution in [2.45, 2.75) is 13.1 Å². The number of hydrogen-bond donors (Lipinski definition) is 0. The van der Waals surface area contributed by atoms with E-state index in [9.17, 15) is 22.8 Å². The topological polar surface area (TPSA) is 52.6 Å². The highest BCUT2D eigenvalue weighted by Gasteiger charge is 2.37. The van der Waals surface area contributed by atoms with Crippen LogP contribution in [0.1, 0.15) is 22.8 Å². The summed E-state index contributed by atoms with van der Waals surface area (Å²) in [6, 6.07) is 2.87. The predicted octanol–water partition coefficient (Wildman–Crippen LogP) is 2.46. The van der Waals surface area contributed by atoms with Gasteiger partial charge in [0.05, 0.1) is 24.8 Å². The van der Waals surface area contributed by atoms with E-state index in [0.29, 0.717) is 0 Å². The lowest BCUT2D eigenvalue weighted by atomic mass is 10.0. The smallest absolute Gasteiger partial charge is 0.419 e. The zero-order valence-electron chi connectivity index (χ0n) is 10.2. The van der Waals surface area contributed by atoms with Crippen molar-refractivity contribution in [3.8, 4) is 5.75 Å². The van der Waals surface area contributed by atoms with E-state index in [1.54, 1.807) is 0 Å². The lowest BCUT2D eigenvalue weighted by Crippen LogP contribution is -2.20. The first-order chi connectivity index (χ1) is 8.82. The van der Waals surface area contributed by atoms with E-state index in [4.69, 9.17) is 0 Å². The van der Waals surface area contributed by atoms with E-state index >= 15 is 0 Å². The predicted molar refractivity (Wildman–Crippen MR) is 59.0 cm³/mol. The van der Waals surface area contributed by atoms with E-state index in [1.165, 1.54) is 6.92 Å². The van der Waals surface area contributed by atoms with Crippen LogP contribution in [0.2, 0.25) is 0 Å². The molecule has 4 nitrogen and oxygen atoms in total. The monoisotopic (exact) mass is 276 g/mol. The molecular weight excluding hydrogens is 265 g/mol. The van der Waals surface area contributed by atoms with Gasteiger partial charge >= 0.3 is 12.1 Å². The lowest BCUT2D eigenvalue weighted by Gasteiger charge is -2.14. The standard InChI is InChI=1S/C12H11F3O4/c1-3-19-11(17)9(16)7-5-4-6-8(10(7)18-2)12(13,14)15/h4-6H,3H2,1-2H3. The third-order valence-corrected chi connectivity index (χ3v) is 2.23. The van der Waals surface area contributed by atoms with Crippen LogP contribution in [0.25, 0.3) is 0 Å². The van der Waals surface area contributed by atoms with Gasteiger partial charge in [-0.2, -0.15) is 13.2 Å². The van der Waals surface area contributed by atoms with Crippen LogP contribution in [-0.4, -0.2) is 25.5 Å². The molecule has 7 heteroatoms. The molecule has 19 heavy (non-hydrogen) atoms. The fraction of sp³-hybridized carbons (Fsp3) is 0.333. The second kappa shape index (κ2) is 5.73. The van der Waals surface area contributed by atoms with Gasteiger partial charge in [-0.25, -0.2) is 4.79 Å². The number of hydrogen-bond acceptors (Lipinski definition) is 4. The Bertz CT molecular complexity index is 494. The molecule has 0 saturated heterocycles. The minimum atomic E-state index is -4.68. The number of rotatable bonds is 4. The maximum Gasteiger partial charge on any atom is 0.419 e. The van der Waals surface area contributed by atoms with Crippen LogP contribution < -0.4 is 4.74 Å². The molecule has 0 aromatic heterocycles. The van der Waals surface area contributed by atoms with Gasteiger partial charge in [0, 0.05) is 0 Å². The second-order valence-electron chi connectivity index (χ2n) is 3.43. The molecule has 0 aliphatic rings. The van der Waals surface area contributed by atoms with Crippen LogP contribution in [0.4, 0.5) is 13.2 Å². The second-order valence-corrected chi connectivity index (χ2v) is 3.43. The first-order valence-corrected chi connectivity index (χ1v) is 5.28. The number of para-hydroxylation sites is 1. The summed E-state index contributed by atoms with van der Waals surface area (Å²) < 4.78 is 47.2. The number of methoxy groups -OCH3 is 1. The molecule has 0 aliphatic carbocycles. The van der Waals surface area contributed by atoms with Gasteiger partial charge in [-0.05, 0) is 19.1 Å². The highest BCUT2D eigenvalue weighted by molar-refractivity contribution is 6.41. The third kappa shape index (κ3) is 3.24. The Morgan fingerprint density at radius 1 is 1.26 bits per heavy atom. The Kier molecular flexibility index (Phi) is 4.52. The average molecular weight is 276 g/mol. The molecule has 0 unspecified atom stereocenters. The van der Waals surface area contributed by atoms with E-state index in [0.717, 1.165) is 25.3 Å². The molecule has 0 amide bonds. The van der Waals surface area contributed by atoms with Gasteiger partial charge in [0.2, 0.25) is 0 Å². The fourth-order valence-corrected chi connectivity index (χ4v) is 1.47. The molecule has 0 heterocycles. The first-order valence-electron chi connectivity index (χ1n) is 5.28. The molecule has 0 radical (unpaired) electrons. The Labute approximate surface area is 107 Å². The van der Waals surface area contributed by atoms with Crippen molar-refractivity contribution in [3.05, 3.63) is 29.3 Å². The van der Waals surface area contributed by atoms with Gasteiger partial charge in [0.25, 0.3) is 5.78 Å². The summed E-state index contributed by atoms with van der Waals surface area (Å²) in [6.07, 6.45) is -4.68. The van der Waals surface area contributed by atoms with Gasteiger partial charge in [0.1, 0.15) is 5.75 Å². The Morgan fingerprint density at radius 3 is 2.37 bits per heavy atom. The molecule has 0 fully saturated rings. The number of carbonyl (C=O) groups excluding carboxylic acids is 2. The molecule has 104 valence electrons. The zero-order valence-corrected chi connectivity index (χ0v) is 10.2. The molecule has 0 spiro atoms. The van der Waals surface area contributed by atoms with Gasteiger partial charge < -0.3 is 9.47 Å². The highest BCUT2D eigenvalue weighted by atomic mass is 19.4. The maximum absolute atomic E-state index is 12.7. The van der Waals surface area contributed by atoms with E-state index < -0.39 is 34.8 Å². The van der Waals surface area contributed by atoms with E-state index in [-0.39, 0.29) is 6.61 Å². The quantitative estimate of drug-likeness (QED) is 0.481. The van der Waals surface area contributed by atoms with Crippen molar-refractivity contribution in [1.29, 1.82) is 0 Å². The number of esters is 1. The summed E-state index contributed by atoms with van der Waals surface area (Å²) >= 11 is 0. The van der Waals surface area contributed by atoms with Crippen molar-refractivity contribution in [2.75, 3.05) is 13.7 Å². The number of carbonyl (C=O) groups is 2. The molecule has 0 atom stereocenters. The Balaban J connectivity index is 3.30. The number of Topliss-reactive ketones (excluding diaryl/α,β-unsaturated/α-hetero) is 1. The SMILES string of the molecule is CCOC(=O)C(=O)c1cccc(C(F)(F)F)c1OC. The maximum atomic E-state index is 12.7. The third-order valence-electron chi connectivity index (χ3n) is 2.23. The van der Waals surface area contributed by atoms with Crippen molar-refractivity contribution in [1.82, 2.24) is 0 Å². The first kappa shape index (κ1) is 15.0. The number of alkyl halides is 3. The number of ketones is 1. The Hall–Kier alpha value is -2.05. The van der Waals surface area contributed by atoms with Gasteiger partial charge in [-0.3, -0.25) is 4.79 Å². The molecule has 0 saturated carbocycles. The normalized spacial score (nSPS) is 11.0. The van der Waals surface area contributed by atoms with Crippen LogP contribution in [0.15, 0.2) is 18.2 Å². The number of benzene rings is 1. The van der Waals surface area contributed by atoms with Crippen LogP contribution >= 0.6 is 0 Å². The van der Waals surface area contributed by atoms with Gasteiger partial charge in [-0.15, -0.1) is 0 Å². The molecule has 0 N–H and O–H groups in total. The van der Waals surface area contributed by atoms with Crippen LogP contribution in [0, 0.1) is 0 Å². The highest BCUT2D eigenvalue weighted by Crippen LogP contribution is 2.38. The molecule has 0 aliphatic heterocycles. The summed E-state index contributed by atoms with van der Waals surface area (Å²) in [6.45, 7) is 1.43. The minimum absolute atomic E-state index is 0.0498. The number of halogens is 3. The molecule has 1 aromatic rings. The van der Waals surface area contributed by atoms with Gasteiger partial charge in [-0.1, -0.05) is 6.07 Å². The van der Waals surface area contributed by atoms with Crippen LogP contribution in [0.3, 0.4) is 0 Å². The Morgan fingerprint density at radius 2 is 1.89 bits per heavy atom. The summed E-state index contributed by atoms with van der Waals surface area (Å²) in [5.74, 6) is -3.09. The van der Waals surface area contributed by atoms with Crippen molar-refractivity contribution < 1.29 is 32.2 Å². The van der Waals surface area contributed by atoms with Crippen LogP contribution in [-0.2, 0) is 15.7 Å². The fourth-order valence-electron chi connectivity index (χ4n) is 1.47. The number of ether oxygens (including phenoxy) is 2. The van der Waals surface area contributed by atoms with Crippen molar-refractivity contribution in [3.63, 3.8) is 0 Å². The minimum Gasteiger partial charge on any atom is -0.495 e. The lowest BCUT2D eigenvalue weighted by molar-refractivity contribution is -0.139. The van der Waals surface area contributed by atoms with Crippen molar-refractivity contribution >= 4 is 11.8 Å². The summed E-state index contributed by atoms with van der Waals surface area (Å²) in [5, 5.41) is 0. The zero-order chi connectivity index (χ0) is 14.6. The summed E-state index contributed by atoms with van der Waals surface area (Å²) in [4.78, 5) is 22.9. The average Bonchev–Trinajstić information content (AvgIpc) is 2.36. The summed E-state index contributed by atoms with van der Waals surface area (Å²) in [5.41, 5.74) is -1.60. The molecule has 1 rings (SSSR count). The van der Waals surface area contributed by atoms with E-state index in [2.05, 4.69) is 9.47 Å². The van der Waals surface area contributed by atoms with Crippen molar-refractivity contribution in [2.24, 2.45) is 0 Å². The summed E-state index contributed by atoms with van der Waals surface area (Å²) in [7, 11) is 0.993. The van der Waals surface area contributed by atoms with Gasteiger partial charge in [0.15, 0.2) is 0 Å². The molecule has 0 bridgehead atoms. The molecular formula is C12H11F3O4. The largest absolute Gasteiger partial charge is 0.495 e. The van der Waals surface area contributed by atoms with E-state index in [1.807, 2.05) is 0 Å². The molecule has 1 aromatic carbocycles. The van der Waals surface area contributed by atoms with Crippen LogP contribution in [0.5, 0.6) is 5.75 Å².